The highest BCUT2D eigenvalue weighted by Gasteiger charge is 2.22. The van der Waals surface area contributed by atoms with Gasteiger partial charge in [-0.25, -0.2) is 9.50 Å². The number of hydrogen-bond acceptors (Lipinski definition) is 4. The van der Waals surface area contributed by atoms with Crippen LogP contribution in [0.3, 0.4) is 0 Å². The van der Waals surface area contributed by atoms with Crippen LogP contribution in [-0.2, 0) is 17.6 Å². The highest BCUT2D eigenvalue weighted by atomic mass is 32.1. The van der Waals surface area contributed by atoms with Gasteiger partial charge in [-0.3, -0.25) is 9.89 Å². The molecule has 0 aliphatic heterocycles. The lowest BCUT2D eigenvalue weighted by molar-refractivity contribution is -0.121. The molecule has 3 aromatic rings. The minimum absolute atomic E-state index is 0.0118. The molecule has 2 heterocycles. The second kappa shape index (κ2) is 6.64. The van der Waals surface area contributed by atoms with Gasteiger partial charge in [0.05, 0.1) is 12.5 Å². The van der Waals surface area contributed by atoms with Crippen molar-refractivity contribution < 1.29 is 4.79 Å². The topological polar surface area (TPSA) is 75.1 Å². The number of carbonyl (C=O) groups is 1. The van der Waals surface area contributed by atoms with Crippen LogP contribution >= 0.6 is 12.2 Å². The maximum atomic E-state index is 12.7. The number of aromatic nitrogens is 4. The summed E-state index contributed by atoms with van der Waals surface area (Å²) in [6.45, 7) is 3.86. The third-order valence-corrected chi connectivity index (χ3v) is 5.31. The van der Waals surface area contributed by atoms with E-state index in [1.54, 1.807) is 4.52 Å². The van der Waals surface area contributed by atoms with Crippen molar-refractivity contribution in [2.24, 2.45) is 0 Å². The quantitative estimate of drug-likeness (QED) is 0.698. The average molecular weight is 367 g/mol. The number of aromatic amines is 1. The molecule has 7 heteroatoms. The van der Waals surface area contributed by atoms with E-state index in [2.05, 4.69) is 38.6 Å². The number of nitrogens with one attached hydrogen (secondary N) is 2. The van der Waals surface area contributed by atoms with Crippen LogP contribution in [0.25, 0.3) is 5.78 Å². The highest BCUT2D eigenvalue weighted by Crippen LogP contribution is 2.29. The minimum atomic E-state index is 0.0118. The van der Waals surface area contributed by atoms with E-state index in [-0.39, 0.29) is 18.4 Å². The van der Waals surface area contributed by atoms with Gasteiger partial charge in [0.25, 0.3) is 5.78 Å². The molecule has 4 rings (SSSR count). The lowest BCUT2D eigenvalue weighted by Gasteiger charge is -2.26. The van der Waals surface area contributed by atoms with E-state index in [0.29, 0.717) is 10.5 Å². The van der Waals surface area contributed by atoms with E-state index in [0.717, 1.165) is 36.2 Å². The molecule has 2 N–H and O–H groups in total. The molecule has 1 amide bonds. The van der Waals surface area contributed by atoms with Crippen molar-refractivity contribution in [2.75, 3.05) is 0 Å². The molecular weight excluding hydrogens is 346 g/mol. The summed E-state index contributed by atoms with van der Waals surface area (Å²) in [5.74, 6) is 0.549. The number of rotatable bonds is 3. The Bertz CT molecular complexity index is 1050. The number of carbonyl (C=O) groups excluding carboxylic acids is 1. The molecule has 0 saturated heterocycles. The lowest BCUT2D eigenvalue weighted by atomic mass is 9.87. The van der Waals surface area contributed by atoms with Crippen molar-refractivity contribution in [3.8, 4) is 0 Å². The standard InChI is InChI=1S/C19H21N5OS/c1-11-15(12(2)24-18(20-11)22-19(26)23-24)10-17(25)21-16-9-5-7-13-6-3-4-8-14(13)16/h3-4,6,8,16H,5,7,9-10H2,1-2H3,(H,21,25)(H,23,26)/t16-/m1/s1. The lowest BCUT2D eigenvalue weighted by Crippen LogP contribution is -2.32. The van der Waals surface area contributed by atoms with E-state index in [9.17, 15) is 4.79 Å². The van der Waals surface area contributed by atoms with Crippen LogP contribution in [0.4, 0.5) is 0 Å². The molecule has 0 fully saturated rings. The molecule has 0 spiro atoms. The Kier molecular flexibility index (Phi) is 4.32. The number of fused-ring (bicyclic) bond motifs is 2. The largest absolute Gasteiger partial charge is 0.349 e. The van der Waals surface area contributed by atoms with Crippen LogP contribution in [0, 0.1) is 18.6 Å². The monoisotopic (exact) mass is 367 g/mol. The summed E-state index contributed by atoms with van der Waals surface area (Å²) in [6, 6.07) is 8.46. The minimum Gasteiger partial charge on any atom is -0.349 e. The number of nitrogens with zero attached hydrogens (tertiary/aromatic N) is 3. The third-order valence-electron chi connectivity index (χ3n) is 5.13. The fourth-order valence-electron chi connectivity index (χ4n) is 3.80. The molecule has 6 nitrogen and oxygen atoms in total. The summed E-state index contributed by atoms with van der Waals surface area (Å²) < 4.78 is 2.13. The van der Waals surface area contributed by atoms with Crippen LogP contribution in [0.2, 0.25) is 0 Å². The normalized spacial score (nSPS) is 16.5. The van der Waals surface area contributed by atoms with Gasteiger partial charge in [-0.05, 0) is 56.5 Å². The van der Waals surface area contributed by atoms with Crippen LogP contribution in [0.15, 0.2) is 24.3 Å². The molecule has 1 aliphatic carbocycles. The average Bonchev–Trinajstić information content (AvgIpc) is 2.99. The SMILES string of the molecule is Cc1nc2nc(=S)[nH]n2c(C)c1CC(=O)N[C@@H]1CCCc2ccccc21. The first-order chi connectivity index (χ1) is 12.5. The Morgan fingerprint density at radius 1 is 1.35 bits per heavy atom. The van der Waals surface area contributed by atoms with E-state index >= 15 is 0 Å². The summed E-state index contributed by atoms with van der Waals surface area (Å²) in [5.41, 5.74) is 5.21. The summed E-state index contributed by atoms with van der Waals surface area (Å²) in [5, 5.41) is 6.20. The predicted octanol–water partition coefficient (Wildman–Crippen LogP) is 3.14. The molecule has 1 atom stereocenters. The van der Waals surface area contributed by atoms with E-state index in [4.69, 9.17) is 12.2 Å². The van der Waals surface area contributed by atoms with E-state index in [1.165, 1.54) is 11.1 Å². The molecular formula is C19H21N5OS. The number of aryl methyl sites for hydroxylation is 3. The van der Waals surface area contributed by atoms with Gasteiger partial charge in [0.1, 0.15) is 0 Å². The number of benzene rings is 1. The van der Waals surface area contributed by atoms with Gasteiger partial charge >= 0.3 is 0 Å². The molecule has 0 radical (unpaired) electrons. The second-order valence-electron chi connectivity index (χ2n) is 6.81. The zero-order valence-electron chi connectivity index (χ0n) is 14.9. The van der Waals surface area contributed by atoms with Crippen molar-refractivity contribution >= 4 is 23.9 Å². The van der Waals surface area contributed by atoms with Gasteiger partial charge in [-0.2, -0.15) is 4.98 Å². The molecule has 1 aromatic carbocycles. The van der Waals surface area contributed by atoms with Crippen molar-refractivity contribution in [1.29, 1.82) is 0 Å². The first kappa shape index (κ1) is 16.9. The summed E-state index contributed by atoms with van der Waals surface area (Å²) in [4.78, 5) is 21.4. The smallest absolute Gasteiger partial charge is 0.252 e. The number of hydrogen-bond donors (Lipinski definition) is 2. The van der Waals surface area contributed by atoms with E-state index in [1.807, 2.05) is 19.9 Å². The van der Waals surface area contributed by atoms with Gasteiger partial charge in [-0.15, -0.1) is 0 Å². The van der Waals surface area contributed by atoms with Gasteiger partial charge in [-0.1, -0.05) is 24.3 Å². The fourth-order valence-corrected chi connectivity index (χ4v) is 3.97. The Morgan fingerprint density at radius 3 is 3.00 bits per heavy atom. The summed E-state index contributed by atoms with van der Waals surface area (Å²) in [7, 11) is 0. The van der Waals surface area contributed by atoms with Gasteiger partial charge in [0.15, 0.2) is 0 Å². The van der Waals surface area contributed by atoms with E-state index < -0.39 is 0 Å². The number of amides is 1. The molecule has 26 heavy (non-hydrogen) atoms. The van der Waals surface area contributed by atoms with Crippen molar-refractivity contribution in [1.82, 2.24) is 24.9 Å². The first-order valence-electron chi connectivity index (χ1n) is 8.85. The zero-order chi connectivity index (χ0) is 18.3. The predicted molar refractivity (Wildman–Crippen MR) is 102 cm³/mol. The van der Waals surface area contributed by atoms with Crippen molar-refractivity contribution in [3.63, 3.8) is 0 Å². The van der Waals surface area contributed by atoms with Gasteiger partial charge in [0.2, 0.25) is 10.7 Å². The van der Waals surface area contributed by atoms with Gasteiger partial charge < -0.3 is 5.32 Å². The van der Waals surface area contributed by atoms with Gasteiger partial charge in [0, 0.05) is 17.0 Å². The third kappa shape index (κ3) is 3.03. The molecule has 0 bridgehead atoms. The fraction of sp³-hybridized carbons (Fsp3) is 0.368. The van der Waals surface area contributed by atoms with Crippen molar-refractivity contribution in [2.45, 2.75) is 45.6 Å². The molecule has 0 saturated carbocycles. The summed E-state index contributed by atoms with van der Waals surface area (Å²) in [6.07, 6.45) is 3.45. The van der Waals surface area contributed by atoms with Crippen LogP contribution in [0.1, 0.15) is 47.0 Å². The molecule has 0 unspecified atom stereocenters. The van der Waals surface area contributed by atoms with Crippen LogP contribution in [-0.4, -0.2) is 25.5 Å². The zero-order valence-corrected chi connectivity index (χ0v) is 15.7. The Balaban J connectivity index is 1.58. The number of H-pyrrole nitrogens is 1. The summed E-state index contributed by atoms with van der Waals surface area (Å²) >= 11 is 5.09. The maximum absolute atomic E-state index is 12.7. The Morgan fingerprint density at radius 2 is 2.15 bits per heavy atom. The maximum Gasteiger partial charge on any atom is 0.252 e. The Labute approximate surface area is 156 Å². The first-order valence-corrected chi connectivity index (χ1v) is 9.26. The van der Waals surface area contributed by atoms with Crippen LogP contribution in [0.5, 0.6) is 0 Å². The molecule has 134 valence electrons. The Hall–Kier alpha value is -2.54. The highest BCUT2D eigenvalue weighted by molar-refractivity contribution is 7.71. The molecule has 1 aliphatic rings. The second-order valence-corrected chi connectivity index (χ2v) is 7.20. The van der Waals surface area contributed by atoms with Crippen molar-refractivity contribution in [3.05, 3.63) is 57.1 Å². The molecule has 2 aromatic heterocycles. The van der Waals surface area contributed by atoms with Crippen LogP contribution < -0.4 is 5.32 Å².